The number of hydrogen-bond acceptors (Lipinski definition) is 2. The average molecular weight is 258 g/mol. The number of halogens is 1. The lowest BCUT2D eigenvalue weighted by atomic mass is 10.1. The molecule has 1 aromatic heterocycles. The van der Waals surface area contributed by atoms with E-state index < -0.39 is 0 Å². The van der Waals surface area contributed by atoms with Gasteiger partial charge in [0.15, 0.2) is 0 Å². The van der Waals surface area contributed by atoms with E-state index in [0.29, 0.717) is 5.92 Å². The Kier molecular flexibility index (Phi) is 3.29. The van der Waals surface area contributed by atoms with E-state index in [0.717, 1.165) is 22.5 Å². The van der Waals surface area contributed by atoms with Crippen molar-refractivity contribution >= 4 is 15.9 Å². The fourth-order valence-corrected chi connectivity index (χ4v) is 2.82. The first-order valence-electron chi connectivity index (χ1n) is 5.24. The quantitative estimate of drug-likeness (QED) is 0.898. The van der Waals surface area contributed by atoms with Gasteiger partial charge in [-0.1, -0.05) is 12.8 Å². The van der Waals surface area contributed by atoms with Crippen molar-refractivity contribution in [1.82, 2.24) is 5.32 Å². The fraction of sp³-hybridized carbons (Fsp3) is 0.636. The molecule has 0 spiro atoms. The van der Waals surface area contributed by atoms with Gasteiger partial charge in [0.1, 0.15) is 11.5 Å². The van der Waals surface area contributed by atoms with E-state index >= 15 is 0 Å². The third kappa shape index (κ3) is 2.04. The van der Waals surface area contributed by atoms with E-state index in [9.17, 15) is 0 Å². The molecule has 1 aromatic rings. The van der Waals surface area contributed by atoms with Crippen LogP contribution < -0.4 is 5.32 Å². The maximum absolute atomic E-state index is 5.83. The van der Waals surface area contributed by atoms with E-state index in [1.165, 1.54) is 25.7 Å². The van der Waals surface area contributed by atoms with Crippen molar-refractivity contribution in [1.29, 1.82) is 0 Å². The van der Waals surface area contributed by atoms with Crippen LogP contribution in [0.4, 0.5) is 0 Å². The molecular weight excluding hydrogens is 242 g/mol. The summed E-state index contributed by atoms with van der Waals surface area (Å²) in [7, 11) is 1.94. The minimum Gasteiger partial charge on any atom is -0.463 e. The van der Waals surface area contributed by atoms with Crippen LogP contribution in [0.2, 0.25) is 0 Å². The lowest BCUT2D eigenvalue weighted by molar-refractivity contribution is 0.422. The molecule has 1 N–H and O–H groups in total. The van der Waals surface area contributed by atoms with E-state index in [1.54, 1.807) is 0 Å². The standard InChI is InChI=1S/C11H16BrNO/c1-13-7-9-6-10(12)11(14-9)8-4-2-3-5-8/h6,8,13H,2-5,7H2,1H3. The maximum Gasteiger partial charge on any atom is 0.121 e. The van der Waals surface area contributed by atoms with Gasteiger partial charge in [0.05, 0.1) is 11.0 Å². The summed E-state index contributed by atoms with van der Waals surface area (Å²) < 4.78 is 6.98. The minimum atomic E-state index is 0.648. The van der Waals surface area contributed by atoms with Crippen LogP contribution in [0.25, 0.3) is 0 Å². The third-order valence-electron chi connectivity index (χ3n) is 2.84. The Morgan fingerprint density at radius 1 is 1.50 bits per heavy atom. The van der Waals surface area contributed by atoms with Crippen molar-refractivity contribution < 1.29 is 4.42 Å². The Hall–Kier alpha value is -0.280. The van der Waals surface area contributed by atoms with Crippen LogP contribution in [-0.4, -0.2) is 7.05 Å². The van der Waals surface area contributed by atoms with Crippen LogP contribution in [0.3, 0.4) is 0 Å². The first-order chi connectivity index (χ1) is 6.81. The van der Waals surface area contributed by atoms with Crippen molar-refractivity contribution in [3.05, 3.63) is 22.1 Å². The molecule has 0 radical (unpaired) electrons. The Labute approximate surface area is 93.2 Å². The predicted molar refractivity (Wildman–Crippen MR) is 60.4 cm³/mol. The van der Waals surface area contributed by atoms with Gasteiger partial charge >= 0.3 is 0 Å². The second-order valence-electron chi connectivity index (χ2n) is 3.94. The van der Waals surface area contributed by atoms with Crippen LogP contribution in [-0.2, 0) is 6.54 Å². The molecule has 0 atom stereocenters. The zero-order valence-corrected chi connectivity index (χ0v) is 10.1. The first-order valence-corrected chi connectivity index (χ1v) is 6.03. The number of rotatable bonds is 3. The smallest absolute Gasteiger partial charge is 0.121 e. The van der Waals surface area contributed by atoms with Crippen molar-refractivity contribution in [2.45, 2.75) is 38.1 Å². The van der Waals surface area contributed by atoms with Crippen molar-refractivity contribution in [2.75, 3.05) is 7.05 Å². The largest absolute Gasteiger partial charge is 0.463 e. The predicted octanol–water partition coefficient (Wildman–Crippen LogP) is 3.42. The second-order valence-corrected chi connectivity index (χ2v) is 4.79. The highest BCUT2D eigenvalue weighted by Crippen LogP contribution is 2.39. The van der Waals surface area contributed by atoms with Crippen LogP contribution in [0, 0.1) is 0 Å². The molecule has 0 aliphatic heterocycles. The molecule has 1 aliphatic rings. The summed E-state index contributed by atoms with van der Waals surface area (Å²) in [5, 5.41) is 3.10. The maximum atomic E-state index is 5.83. The molecule has 0 bridgehead atoms. The van der Waals surface area contributed by atoms with Gasteiger partial charge in [0.25, 0.3) is 0 Å². The van der Waals surface area contributed by atoms with Gasteiger partial charge in [-0.2, -0.15) is 0 Å². The fourth-order valence-electron chi connectivity index (χ4n) is 2.16. The van der Waals surface area contributed by atoms with Crippen LogP contribution in [0.15, 0.2) is 15.0 Å². The highest BCUT2D eigenvalue weighted by atomic mass is 79.9. The SMILES string of the molecule is CNCc1cc(Br)c(C2CCCC2)o1. The second kappa shape index (κ2) is 4.49. The first kappa shape index (κ1) is 10.2. The van der Waals surface area contributed by atoms with E-state index in [1.807, 2.05) is 7.05 Å². The summed E-state index contributed by atoms with van der Waals surface area (Å²) in [5.41, 5.74) is 0. The van der Waals surface area contributed by atoms with Gasteiger partial charge in [-0.3, -0.25) is 0 Å². The third-order valence-corrected chi connectivity index (χ3v) is 3.46. The minimum absolute atomic E-state index is 0.648. The normalized spacial score (nSPS) is 17.9. The summed E-state index contributed by atoms with van der Waals surface area (Å²) in [4.78, 5) is 0. The van der Waals surface area contributed by atoms with E-state index in [2.05, 4.69) is 27.3 Å². The Bertz CT molecular complexity index is 302. The highest BCUT2D eigenvalue weighted by Gasteiger charge is 2.23. The zero-order chi connectivity index (χ0) is 9.97. The molecule has 1 heterocycles. The number of nitrogens with one attached hydrogen (secondary N) is 1. The van der Waals surface area contributed by atoms with Crippen molar-refractivity contribution in [3.8, 4) is 0 Å². The molecule has 1 aliphatic carbocycles. The Morgan fingerprint density at radius 3 is 2.86 bits per heavy atom. The molecule has 0 saturated heterocycles. The summed E-state index contributed by atoms with van der Waals surface area (Å²) in [6.45, 7) is 0.811. The van der Waals surface area contributed by atoms with Gasteiger partial charge in [0, 0.05) is 5.92 Å². The monoisotopic (exact) mass is 257 g/mol. The molecule has 0 aromatic carbocycles. The van der Waals surface area contributed by atoms with E-state index in [4.69, 9.17) is 4.42 Å². The molecule has 2 nitrogen and oxygen atoms in total. The molecular formula is C11H16BrNO. The van der Waals surface area contributed by atoms with E-state index in [-0.39, 0.29) is 0 Å². The molecule has 14 heavy (non-hydrogen) atoms. The molecule has 1 fully saturated rings. The molecule has 78 valence electrons. The Morgan fingerprint density at radius 2 is 2.21 bits per heavy atom. The molecule has 0 unspecified atom stereocenters. The average Bonchev–Trinajstić information content (AvgIpc) is 2.74. The van der Waals surface area contributed by atoms with Crippen LogP contribution in [0.1, 0.15) is 43.1 Å². The summed E-state index contributed by atoms with van der Waals surface area (Å²) in [5.74, 6) is 2.84. The van der Waals surface area contributed by atoms with Gasteiger partial charge in [-0.25, -0.2) is 0 Å². The zero-order valence-electron chi connectivity index (χ0n) is 8.48. The van der Waals surface area contributed by atoms with Crippen molar-refractivity contribution in [2.24, 2.45) is 0 Å². The van der Waals surface area contributed by atoms with Gasteiger partial charge in [-0.15, -0.1) is 0 Å². The van der Waals surface area contributed by atoms with Crippen molar-refractivity contribution in [3.63, 3.8) is 0 Å². The van der Waals surface area contributed by atoms with Crippen LogP contribution in [0.5, 0.6) is 0 Å². The molecule has 0 amide bonds. The summed E-state index contributed by atoms with van der Waals surface area (Å²) in [6, 6.07) is 2.09. The molecule has 2 rings (SSSR count). The number of hydrogen-bond donors (Lipinski definition) is 1. The lowest BCUT2D eigenvalue weighted by Crippen LogP contribution is -2.03. The lowest BCUT2D eigenvalue weighted by Gasteiger charge is -2.05. The molecule has 1 saturated carbocycles. The van der Waals surface area contributed by atoms with Gasteiger partial charge in [-0.05, 0) is 41.9 Å². The Balaban J connectivity index is 2.15. The van der Waals surface area contributed by atoms with Crippen LogP contribution >= 0.6 is 15.9 Å². The summed E-state index contributed by atoms with van der Waals surface area (Å²) in [6.07, 6.45) is 5.26. The van der Waals surface area contributed by atoms with Gasteiger partial charge < -0.3 is 9.73 Å². The number of furan rings is 1. The topological polar surface area (TPSA) is 25.2 Å². The molecule has 3 heteroatoms. The summed E-state index contributed by atoms with van der Waals surface area (Å²) >= 11 is 3.58. The highest BCUT2D eigenvalue weighted by molar-refractivity contribution is 9.10. The van der Waals surface area contributed by atoms with Gasteiger partial charge in [0.2, 0.25) is 0 Å².